The van der Waals surface area contributed by atoms with Gasteiger partial charge in [0.15, 0.2) is 0 Å². The van der Waals surface area contributed by atoms with E-state index in [0.717, 1.165) is 23.4 Å². The van der Waals surface area contributed by atoms with Crippen molar-refractivity contribution in [2.75, 3.05) is 11.6 Å². The van der Waals surface area contributed by atoms with E-state index in [2.05, 4.69) is 10.6 Å². The van der Waals surface area contributed by atoms with Crippen molar-refractivity contribution in [3.8, 4) is 0 Å². The monoisotopic (exact) mass is 295 g/mol. The first-order valence-electron chi connectivity index (χ1n) is 6.58. The second-order valence-electron chi connectivity index (χ2n) is 4.40. The third kappa shape index (κ3) is 5.13. The highest BCUT2D eigenvalue weighted by Gasteiger charge is 2.17. The Morgan fingerprint density at radius 2 is 2.05 bits per heavy atom. The van der Waals surface area contributed by atoms with Crippen LogP contribution >= 0.6 is 11.8 Å². The van der Waals surface area contributed by atoms with Crippen LogP contribution in [0.3, 0.4) is 0 Å². The Morgan fingerprint density at radius 3 is 2.65 bits per heavy atom. The molecule has 0 aliphatic heterocycles. The minimum absolute atomic E-state index is 0.411. The molecular formula is C14H21N3O2S. The van der Waals surface area contributed by atoms with E-state index in [9.17, 15) is 9.59 Å². The van der Waals surface area contributed by atoms with Crippen molar-refractivity contribution in [3.05, 3.63) is 24.3 Å². The molecule has 0 aromatic heterocycles. The number of hydrogen-bond acceptors (Lipinski definition) is 3. The van der Waals surface area contributed by atoms with Gasteiger partial charge in [-0.05, 0) is 24.8 Å². The Morgan fingerprint density at radius 1 is 1.35 bits per heavy atom. The number of hydrogen-bond donors (Lipinski definition) is 3. The molecule has 0 spiro atoms. The quantitative estimate of drug-likeness (QED) is 0.676. The van der Waals surface area contributed by atoms with Crippen LogP contribution in [0.15, 0.2) is 29.2 Å². The van der Waals surface area contributed by atoms with E-state index in [4.69, 9.17) is 5.73 Å². The van der Waals surface area contributed by atoms with Crippen molar-refractivity contribution in [2.45, 2.75) is 37.1 Å². The van der Waals surface area contributed by atoms with E-state index in [1.54, 1.807) is 11.8 Å². The average Bonchev–Trinajstić information content (AvgIpc) is 2.43. The number of primary amides is 1. The number of benzene rings is 1. The lowest BCUT2D eigenvalue weighted by atomic mass is 10.1. The van der Waals surface area contributed by atoms with Crippen LogP contribution in [-0.4, -0.2) is 24.2 Å². The topological polar surface area (TPSA) is 84.2 Å². The van der Waals surface area contributed by atoms with Crippen molar-refractivity contribution in [1.82, 2.24) is 5.32 Å². The summed E-state index contributed by atoms with van der Waals surface area (Å²) in [7, 11) is 0. The molecule has 0 aliphatic rings. The van der Waals surface area contributed by atoms with Gasteiger partial charge in [-0.1, -0.05) is 31.9 Å². The highest BCUT2D eigenvalue weighted by atomic mass is 32.2. The molecule has 0 saturated carbocycles. The Hall–Kier alpha value is -1.69. The van der Waals surface area contributed by atoms with Crippen molar-refractivity contribution < 1.29 is 9.59 Å². The van der Waals surface area contributed by atoms with Crippen LogP contribution in [0.25, 0.3) is 0 Å². The van der Waals surface area contributed by atoms with Crippen LogP contribution in [0.5, 0.6) is 0 Å². The highest BCUT2D eigenvalue weighted by molar-refractivity contribution is 7.98. The van der Waals surface area contributed by atoms with Crippen molar-refractivity contribution >= 4 is 29.4 Å². The van der Waals surface area contributed by atoms with Gasteiger partial charge in [0.1, 0.15) is 6.04 Å². The molecule has 1 atom stereocenters. The number of anilines is 1. The van der Waals surface area contributed by atoms with Crippen LogP contribution < -0.4 is 16.4 Å². The van der Waals surface area contributed by atoms with E-state index >= 15 is 0 Å². The van der Waals surface area contributed by atoms with Crippen molar-refractivity contribution in [2.24, 2.45) is 5.73 Å². The predicted octanol–water partition coefficient (Wildman–Crippen LogP) is 2.57. The fraction of sp³-hybridized carbons (Fsp3) is 0.429. The SMILES string of the molecule is CCCC[C@@H](NC(=O)Nc1ccccc1SC)C(N)=O. The summed E-state index contributed by atoms with van der Waals surface area (Å²) in [6.45, 7) is 2.02. The summed E-state index contributed by atoms with van der Waals surface area (Å²) < 4.78 is 0. The molecular weight excluding hydrogens is 274 g/mol. The molecule has 0 bridgehead atoms. The minimum atomic E-state index is -0.628. The number of nitrogens with one attached hydrogen (secondary N) is 2. The summed E-state index contributed by atoms with van der Waals surface area (Å²) in [5, 5.41) is 5.36. The van der Waals surface area contributed by atoms with Gasteiger partial charge in [-0.3, -0.25) is 4.79 Å². The molecule has 20 heavy (non-hydrogen) atoms. The normalized spacial score (nSPS) is 11.7. The number of nitrogens with two attached hydrogens (primary N) is 1. The fourth-order valence-electron chi connectivity index (χ4n) is 1.76. The zero-order valence-corrected chi connectivity index (χ0v) is 12.6. The second-order valence-corrected chi connectivity index (χ2v) is 5.24. The maximum absolute atomic E-state index is 11.9. The maximum Gasteiger partial charge on any atom is 0.319 e. The smallest absolute Gasteiger partial charge is 0.319 e. The standard InChI is InChI=1S/C14H21N3O2S/c1-3-4-7-11(13(15)18)17-14(19)16-10-8-5-6-9-12(10)20-2/h5-6,8-9,11H,3-4,7H2,1-2H3,(H2,15,18)(H2,16,17,19)/t11-/m1/s1. The van der Waals surface area contributed by atoms with E-state index in [1.165, 1.54) is 0 Å². The number of unbranched alkanes of at least 4 members (excludes halogenated alkanes) is 1. The van der Waals surface area contributed by atoms with Crippen LogP contribution in [0.4, 0.5) is 10.5 Å². The van der Waals surface area contributed by atoms with Gasteiger partial charge in [0.05, 0.1) is 5.69 Å². The molecule has 0 saturated heterocycles. The number of amides is 3. The van der Waals surface area contributed by atoms with E-state index in [0.29, 0.717) is 6.42 Å². The first-order chi connectivity index (χ1) is 9.58. The Kier molecular flexibility index (Phi) is 6.93. The zero-order valence-electron chi connectivity index (χ0n) is 11.8. The Bertz CT molecular complexity index is 465. The molecule has 0 heterocycles. The van der Waals surface area contributed by atoms with Gasteiger partial charge in [-0.15, -0.1) is 11.8 Å². The van der Waals surface area contributed by atoms with Gasteiger partial charge >= 0.3 is 6.03 Å². The van der Waals surface area contributed by atoms with E-state index < -0.39 is 18.0 Å². The molecule has 0 unspecified atom stereocenters. The average molecular weight is 295 g/mol. The van der Waals surface area contributed by atoms with Crippen molar-refractivity contribution in [3.63, 3.8) is 0 Å². The number of carbonyl (C=O) groups excluding carboxylic acids is 2. The van der Waals surface area contributed by atoms with Gasteiger partial charge in [-0.2, -0.15) is 0 Å². The third-order valence-electron chi connectivity index (χ3n) is 2.85. The number of urea groups is 1. The molecule has 4 N–H and O–H groups in total. The minimum Gasteiger partial charge on any atom is -0.368 e. The number of rotatable bonds is 7. The van der Waals surface area contributed by atoms with Gasteiger partial charge in [-0.25, -0.2) is 4.79 Å². The van der Waals surface area contributed by atoms with E-state index in [-0.39, 0.29) is 0 Å². The predicted molar refractivity (Wildman–Crippen MR) is 82.9 cm³/mol. The Balaban J connectivity index is 2.63. The molecule has 5 nitrogen and oxygen atoms in total. The first kappa shape index (κ1) is 16.4. The summed E-state index contributed by atoms with van der Waals surface area (Å²) in [6, 6.07) is 6.45. The molecule has 1 aromatic rings. The summed E-state index contributed by atoms with van der Waals surface area (Å²) in [5.74, 6) is -0.508. The lowest BCUT2D eigenvalue weighted by molar-refractivity contribution is -0.119. The first-order valence-corrected chi connectivity index (χ1v) is 7.80. The van der Waals surface area contributed by atoms with Crippen LogP contribution in [0.2, 0.25) is 0 Å². The lowest BCUT2D eigenvalue weighted by Gasteiger charge is -2.16. The molecule has 0 fully saturated rings. The van der Waals surface area contributed by atoms with Crippen LogP contribution in [0, 0.1) is 0 Å². The Labute approximate surface area is 123 Å². The van der Waals surface area contributed by atoms with Gasteiger partial charge < -0.3 is 16.4 Å². The summed E-state index contributed by atoms with van der Waals surface area (Å²) in [4.78, 5) is 24.2. The molecule has 0 radical (unpaired) electrons. The summed E-state index contributed by atoms with van der Waals surface area (Å²) in [6.07, 6.45) is 4.28. The highest BCUT2D eigenvalue weighted by Crippen LogP contribution is 2.24. The maximum atomic E-state index is 11.9. The molecule has 1 aromatic carbocycles. The number of para-hydroxylation sites is 1. The summed E-state index contributed by atoms with van der Waals surface area (Å²) >= 11 is 1.54. The number of thioether (sulfide) groups is 1. The molecule has 6 heteroatoms. The van der Waals surface area contributed by atoms with Crippen LogP contribution in [-0.2, 0) is 4.79 Å². The molecule has 3 amide bonds. The largest absolute Gasteiger partial charge is 0.368 e. The van der Waals surface area contributed by atoms with Crippen LogP contribution in [0.1, 0.15) is 26.2 Å². The van der Waals surface area contributed by atoms with E-state index in [1.807, 2.05) is 37.4 Å². The number of carbonyl (C=O) groups is 2. The molecule has 1 rings (SSSR count). The third-order valence-corrected chi connectivity index (χ3v) is 3.65. The fourth-order valence-corrected chi connectivity index (χ4v) is 2.31. The lowest BCUT2D eigenvalue weighted by Crippen LogP contribution is -2.46. The van der Waals surface area contributed by atoms with Gasteiger partial charge in [0.25, 0.3) is 0 Å². The second kappa shape index (κ2) is 8.47. The molecule has 110 valence electrons. The summed E-state index contributed by atoms with van der Waals surface area (Å²) in [5.41, 5.74) is 6.01. The van der Waals surface area contributed by atoms with Crippen molar-refractivity contribution in [1.29, 1.82) is 0 Å². The van der Waals surface area contributed by atoms with Gasteiger partial charge in [0, 0.05) is 4.90 Å². The molecule has 0 aliphatic carbocycles. The zero-order chi connectivity index (χ0) is 15.0. The van der Waals surface area contributed by atoms with Gasteiger partial charge in [0.2, 0.25) is 5.91 Å².